The van der Waals surface area contributed by atoms with Crippen molar-refractivity contribution in [1.29, 1.82) is 0 Å². The average molecular weight is 275 g/mol. The van der Waals surface area contributed by atoms with Crippen LogP contribution in [0.3, 0.4) is 0 Å². The third-order valence-electron chi connectivity index (χ3n) is 3.98. The second-order valence-electron chi connectivity index (χ2n) is 6.02. The molecular formula is C20H21N. The van der Waals surface area contributed by atoms with Crippen LogP contribution in [0.5, 0.6) is 0 Å². The predicted molar refractivity (Wildman–Crippen MR) is 89.8 cm³/mol. The Morgan fingerprint density at radius 2 is 1.62 bits per heavy atom. The van der Waals surface area contributed by atoms with Gasteiger partial charge in [0.25, 0.3) is 0 Å². The number of para-hydroxylation sites is 1. The fourth-order valence-corrected chi connectivity index (χ4v) is 2.95. The van der Waals surface area contributed by atoms with Crippen LogP contribution in [-0.4, -0.2) is 4.98 Å². The summed E-state index contributed by atoms with van der Waals surface area (Å²) in [6.07, 6.45) is 0.980. The highest BCUT2D eigenvalue weighted by molar-refractivity contribution is 5.78. The fourth-order valence-electron chi connectivity index (χ4n) is 2.95. The summed E-state index contributed by atoms with van der Waals surface area (Å²) in [5.74, 6) is 0.484. The minimum Gasteiger partial charge on any atom is -0.253 e. The number of pyridine rings is 1. The van der Waals surface area contributed by atoms with Gasteiger partial charge in [0.05, 0.1) is 5.52 Å². The van der Waals surface area contributed by atoms with E-state index in [1.807, 2.05) is 6.07 Å². The molecule has 1 aromatic heterocycles. The van der Waals surface area contributed by atoms with Crippen LogP contribution < -0.4 is 0 Å². The Hall–Kier alpha value is -2.15. The zero-order valence-corrected chi connectivity index (χ0v) is 12.9. The number of hydrogen-bond donors (Lipinski definition) is 0. The SMILES string of the molecule is Cc1cc(C)cc([C@H](C)Cc2ccc3ccccc3n2)c1. The van der Waals surface area contributed by atoms with Gasteiger partial charge in [-0.15, -0.1) is 0 Å². The molecule has 1 heterocycles. The molecule has 21 heavy (non-hydrogen) atoms. The van der Waals surface area contributed by atoms with Gasteiger partial charge in [0.15, 0.2) is 0 Å². The molecule has 0 saturated carbocycles. The molecule has 1 heteroatoms. The molecule has 1 nitrogen and oxygen atoms in total. The van der Waals surface area contributed by atoms with Crippen LogP contribution in [0.15, 0.2) is 54.6 Å². The lowest BCUT2D eigenvalue weighted by molar-refractivity contribution is 0.742. The number of fused-ring (bicyclic) bond motifs is 1. The summed E-state index contributed by atoms with van der Waals surface area (Å²) in [6, 6.07) is 19.4. The number of aromatic nitrogens is 1. The molecule has 0 saturated heterocycles. The smallest absolute Gasteiger partial charge is 0.0705 e. The van der Waals surface area contributed by atoms with Crippen molar-refractivity contribution >= 4 is 10.9 Å². The minimum absolute atomic E-state index is 0.484. The maximum absolute atomic E-state index is 4.79. The van der Waals surface area contributed by atoms with E-state index in [0.29, 0.717) is 5.92 Å². The summed E-state index contributed by atoms with van der Waals surface area (Å²) in [5.41, 5.74) is 6.33. The number of nitrogens with zero attached hydrogens (tertiary/aromatic N) is 1. The maximum Gasteiger partial charge on any atom is 0.0705 e. The second kappa shape index (κ2) is 5.69. The largest absolute Gasteiger partial charge is 0.253 e. The van der Waals surface area contributed by atoms with Crippen molar-refractivity contribution in [2.45, 2.75) is 33.1 Å². The van der Waals surface area contributed by atoms with Crippen LogP contribution in [0.1, 0.15) is 35.2 Å². The molecule has 0 unspecified atom stereocenters. The van der Waals surface area contributed by atoms with Crippen LogP contribution in [-0.2, 0) is 6.42 Å². The first-order valence-electron chi connectivity index (χ1n) is 7.55. The molecule has 0 fully saturated rings. The van der Waals surface area contributed by atoms with Crippen LogP contribution in [0.4, 0.5) is 0 Å². The molecule has 106 valence electrons. The summed E-state index contributed by atoms with van der Waals surface area (Å²) >= 11 is 0. The quantitative estimate of drug-likeness (QED) is 0.640. The zero-order valence-electron chi connectivity index (χ0n) is 12.9. The lowest BCUT2D eigenvalue weighted by Crippen LogP contribution is -2.01. The van der Waals surface area contributed by atoms with Crippen molar-refractivity contribution < 1.29 is 0 Å². The van der Waals surface area contributed by atoms with E-state index >= 15 is 0 Å². The number of aryl methyl sites for hydroxylation is 2. The van der Waals surface area contributed by atoms with Gasteiger partial charge in [-0.25, -0.2) is 0 Å². The van der Waals surface area contributed by atoms with Gasteiger partial charge in [0.2, 0.25) is 0 Å². The second-order valence-corrected chi connectivity index (χ2v) is 6.02. The standard InChI is InChI=1S/C20H21N/c1-14-10-15(2)12-18(11-14)16(3)13-19-9-8-17-6-4-5-7-20(17)21-19/h4-12,16H,13H2,1-3H3/t16-/m1/s1. The van der Waals surface area contributed by atoms with Crippen LogP contribution in [0.2, 0.25) is 0 Å². The molecule has 0 spiro atoms. The van der Waals surface area contributed by atoms with E-state index in [-0.39, 0.29) is 0 Å². The Morgan fingerprint density at radius 1 is 0.905 bits per heavy atom. The molecule has 0 aliphatic carbocycles. The van der Waals surface area contributed by atoms with Gasteiger partial charge in [-0.2, -0.15) is 0 Å². The van der Waals surface area contributed by atoms with Gasteiger partial charge in [-0.05, 0) is 43.9 Å². The summed E-state index contributed by atoms with van der Waals surface area (Å²) in [4.78, 5) is 4.79. The highest BCUT2D eigenvalue weighted by Gasteiger charge is 2.09. The summed E-state index contributed by atoms with van der Waals surface area (Å²) in [6.45, 7) is 6.61. The van der Waals surface area contributed by atoms with Gasteiger partial charge in [-0.3, -0.25) is 4.98 Å². The third kappa shape index (κ3) is 3.13. The fraction of sp³-hybridized carbons (Fsp3) is 0.250. The predicted octanol–water partition coefficient (Wildman–Crippen LogP) is 5.20. The van der Waals surface area contributed by atoms with Gasteiger partial charge in [0.1, 0.15) is 0 Å². The summed E-state index contributed by atoms with van der Waals surface area (Å²) in [7, 11) is 0. The van der Waals surface area contributed by atoms with Gasteiger partial charge in [0, 0.05) is 11.1 Å². The Labute approximate surface area is 126 Å². The first-order chi connectivity index (χ1) is 10.1. The van der Waals surface area contributed by atoms with Crippen molar-refractivity contribution in [3.63, 3.8) is 0 Å². The highest BCUT2D eigenvalue weighted by atomic mass is 14.7. The Kier molecular flexibility index (Phi) is 3.74. The lowest BCUT2D eigenvalue weighted by atomic mass is 9.93. The topological polar surface area (TPSA) is 12.9 Å². The van der Waals surface area contributed by atoms with E-state index in [9.17, 15) is 0 Å². The molecule has 0 radical (unpaired) electrons. The van der Waals surface area contributed by atoms with Gasteiger partial charge < -0.3 is 0 Å². The van der Waals surface area contributed by atoms with Crippen LogP contribution in [0, 0.1) is 13.8 Å². The monoisotopic (exact) mass is 275 g/mol. The normalized spacial score (nSPS) is 12.5. The van der Waals surface area contributed by atoms with Crippen LogP contribution >= 0.6 is 0 Å². The third-order valence-corrected chi connectivity index (χ3v) is 3.98. The molecule has 0 bridgehead atoms. The number of benzene rings is 2. The van der Waals surface area contributed by atoms with Crippen molar-refractivity contribution in [2.75, 3.05) is 0 Å². The lowest BCUT2D eigenvalue weighted by Gasteiger charge is -2.14. The van der Waals surface area contributed by atoms with Gasteiger partial charge >= 0.3 is 0 Å². The Bertz CT molecular complexity index is 753. The van der Waals surface area contributed by atoms with Crippen molar-refractivity contribution in [3.05, 3.63) is 77.0 Å². The molecule has 2 aromatic carbocycles. The van der Waals surface area contributed by atoms with Crippen molar-refractivity contribution in [1.82, 2.24) is 4.98 Å². The molecule has 3 rings (SSSR count). The zero-order chi connectivity index (χ0) is 14.8. The van der Waals surface area contributed by atoms with E-state index in [4.69, 9.17) is 4.98 Å². The van der Waals surface area contributed by atoms with E-state index < -0.39 is 0 Å². The van der Waals surface area contributed by atoms with Crippen molar-refractivity contribution in [3.8, 4) is 0 Å². The Morgan fingerprint density at radius 3 is 2.38 bits per heavy atom. The maximum atomic E-state index is 4.79. The van der Waals surface area contributed by atoms with E-state index in [0.717, 1.165) is 11.9 Å². The molecule has 0 N–H and O–H groups in total. The molecule has 0 aliphatic rings. The summed E-state index contributed by atoms with van der Waals surface area (Å²) in [5, 5.41) is 1.21. The van der Waals surface area contributed by atoms with Gasteiger partial charge in [-0.1, -0.05) is 60.5 Å². The van der Waals surface area contributed by atoms with Crippen LogP contribution in [0.25, 0.3) is 10.9 Å². The number of hydrogen-bond acceptors (Lipinski definition) is 1. The first kappa shape index (κ1) is 13.8. The van der Waals surface area contributed by atoms with E-state index in [2.05, 4.69) is 69.3 Å². The summed E-state index contributed by atoms with van der Waals surface area (Å²) < 4.78 is 0. The van der Waals surface area contributed by atoms with E-state index in [1.165, 1.54) is 27.8 Å². The molecular weight excluding hydrogens is 254 g/mol. The average Bonchev–Trinajstić information content (AvgIpc) is 2.46. The van der Waals surface area contributed by atoms with E-state index in [1.54, 1.807) is 0 Å². The molecule has 1 atom stereocenters. The Balaban J connectivity index is 1.86. The first-order valence-corrected chi connectivity index (χ1v) is 7.55. The molecule has 0 amide bonds. The minimum atomic E-state index is 0.484. The number of rotatable bonds is 3. The molecule has 3 aromatic rings. The van der Waals surface area contributed by atoms with Crippen molar-refractivity contribution in [2.24, 2.45) is 0 Å². The molecule has 0 aliphatic heterocycles. The highest BCUT2D eigenvalue weighted by Crippen LogP contribution is 2.23.